The molecule has 4 heterocycles. The molecule has 3 aromatic heterocycles. The molecule has 0 unspecified atom stereocenters. The molecule has 1 aromatic carbocycles. The molecule has 1 saturated heterocycles. The Labute approximate surface area is 187 Å². The summed E-state index contributed by atoms with van der Waals surface area (Å²) in [6.45, 7) is 2.54. The van der Waals surface area contributed by atoms with Crippen LogP contribution in [-0.2, 0) is 17.8 Å². The molecule has 12 nitrogen and oxygen atoms in total. The van der Waals surface area contributed by atoms with Crippen molar-refractivity contribution in [2.75, 3.05) is 31.2 Å². The van der Waals surface area contributed by atoms with Crippen molar-refractivity contribution in [1.29, 1.82) is 0 Å². The molecule has 1 aliphatic rings. The first-order chi connectivity index (χ1) is 16.0. The second-order valence-electron chi connectivity index (χ2n) is 7.63. The molecule has 1 aliphatic heterocycles. The number of hydrogen-bond donors (Lipinski definition) is 1. The summed E-state index contributed by atoms with van der Waals surface area (Å²) in [6.07, 6.45) is 3.27. The quantitative estimate of drug-likeness (QED) is 0.341. The van der Waals surface area contributed by atoms with Crippen molar-refractivity contribution in [2.24, 2.45) is 0 Å². The van der Waals surface area contributed by atoms with Crippen molar-refractivity contribution in [3.05, 3.63) is 64.1 Å². The van der Waals surface area contributed by atoms with Gasteiger partial charge in [-0.25, -0.2) is 14.6 Å². The SMILES string of the molecule is O=[N+]([O-])Cc1cn(Cc2cnc3c(N4CCOCC4)nc(-c4cccc(O)c4)nc3c2)nn1. The Hall–Kier alpha value is -4.19. The molecule has 12 heteroatoms. The maximum atomic E-state index is 10.7. The van der Waals surface area contributed by atoms with E-state index in [1.807, 2.05) is 12.1 Å². The topological polar surface area (TPSA) is 145 Å². The number of morpholine rings is 1. The number of nitrogens with zero attached hydrogens (tertiary/aromatic N) is 8. The first-order valence-electron chi connectivity index (χ1n) is 10.3. The van der Waals surface area contributed by atoms with Crippen molar-refractivity contribution in [2.45, 2.75) is 13.1 Å². The van der Waals surface area contributed by atoms with E-state index >= 15 is 0 Å². The van der Waals surface area contributed by atoms with Crippen molar-refractivity contribution < 1.29 is 14.8 Å². The zero-order chi connectivity index (χ0) is 22.8. The highest BCUT2D eigenvalue weighted by molar-refractivity contribution is 5.88. The lowest BCUT2D eigenvalue weighted by Crippen LogP contribution is -2.37. The van der Waals surface area contributed by atoms with Crippen LogP contribution < -0.4 is 4.90 Å². The van der Waals surface area contributed by atoms with Crippen LogP contribution in [-0.4, -0.2) is 66.3 Å². The van der Waals surface area contributed by atoms with E-state index in [0.717, 1.165) is 5.56 Å². The first-order valence-corrected chi connectivity index (χ1v) is 10.3. The number of aromatic nitrogens is 6. The molecule has 4 aromatic rings. The predicted molar refractivity (Wildman–Crippen MR) is 117 cm³/mol. The number of pyridine rings is 1. The summed E-state index contributed by atoms with van der Waals surface area (Å²) in [6, 6.07) is 8.70. The number of rotatable bonds is 6. The number of nitro groups is 1. The van der Waals surface area contributed by atoms with Crippen LogP contribution in [0.2, 0.25) is 0 Å². The number of anilines is 1. The number of aromatic hydroxyl groups is 1. The Balaban J connectivity index is 1.54. The van der Waals surface area contributed by atoms with Gasteiger partial charge in [-0.05, 0) is 23.8 Å². The third kappa shape index (κ3) is 4.55. The number of hydrogen-bond acceptors (Lipinski definition) is 10. The normalized spacial score (nSPS) is 14.0. The maximum Gasteiger partial charge on any atom is 0.248 e. The number of benzene rings is 1. The van der Waals surface area contributed by atoms with Gasteiger partial charge in [0.05, 0.1) is 31.5 Å². The van der Waals surface area contributed by atoms with E-state index in [2.05, 4.69) is 20.2 Å². The van der Waals surface area contributed by atoms with E-state index in [9.17, 15) is 15.2 Å². The summed E-state index contributed by atoms with van der Waals surface area (Å²) < 4.78 is 7.01. The van der Waals surface area contributed by atoms with Gasteiger partial charge in [0.15, 0.2) is 17.3 Å². The number of fused-ring (bicyclic) bond motifs is 1. The standard InChI is InChI=1S/C21H20N8O4/c30-17-3-1-2-15(9-17)20-23-18-8-14(11-28-12-16(25-26-28)13-29(31)32)10-22-19(18)21(24-20)27-4-6-33-7-5-27/h1-3,8-10,12,30H,4-7,11,13H2. The molecule has 33 heavy (non-hydrogen) atoms. The molecule has 1 fully saturated rings. The van der Waals surface area contributed by atoms with Crippen LogP contribution in [0.4, 0.5) is 5.82 Å². The average molecular weight is 448 g/mol. The van der Waals surface area contributed by atoms with Crippen LogP contribution in [0.25, 0.3) is 22.4 Å². The summed E-state index contributed by atoms with van der Waals surface area (Å²) in [5.41, 5.74) is 3.10. The average Bonchev–Trinajstić information content (AvgIpc) is 3.24. The van der Waals surface area contributed by atoms with Crippen molar-refractivity contribution >= 4 is 16.9 Å². The van der Waals surface area contributed by atoms with Gasteiger partial charge in [-0.15, -0.1) is 5.10 Å². The van der Waals surface area contributed by atoms with Crippen LogP contribution in [0.15, 0.2) is 42.7 Å². The summed E-state index contributed by atoms with van der Waals surface area (Å²) in [5.74, 6) is 1.32. The fraction of sp³-hybridized carbons (Fsp3) is 0.286. The predicted octanol–water partition coefficient (Wildman–Crippen LogP) is 1.65. The molecule has 0 amide bonds. The molecular weight excluding hydrogens is 428 g/mol. The van der Waals surface area contributed by atoms with Gasteiger partial charge in [-0.2, -0.15) is 0 Å². The van der Waals surface area contributed by atoms with E-state index in [1.54, 1.807) is 30.6 Å². The van der Waals surface area contributed by atoms with Crippen LogP contribution in [0, 0.1) is 10.1 Å². The van der Waals surface area contributed by atoms with Gasteiger partial charge in [0.2, 0.25) is 6.54 Å². The molecule has 1 N–H and O–H groups in total. The molecular formula is C21H20N8O4. The second-order valence-corrected chi connectivity index (χ2v) is 7.63. The second kappa shape index (κ2) is 8.74. The Kier molecular flexibility index (Phi) is 5.48. The van der Waals surface area contributed by atoms with Crippen LogP contribution in [0.3, 0.4) is 0 Å². The Morgan fingerprint density at radius 1 is 1.18 bits per heavy atom. The highest BCUT2D eigenvalue weighted by Gasteiger charge is 2.19. The lowest BCUT2D eigenvalue weighted by atomic mass is 10.2. The minimum Gasteiger partial charge on any atom is -0.508 e. The Bertz CT molecular complexity index is 1320. The van der Waals surface area contributed by atoms with Gasteiger partial charge in [0, 0.05) is 29.8 Å². The molecule has 0 saturated carbocycles. The lowest BCUT2D eigenvalue weighted by molar-refractivity contribution is -0.497. The summed E-state index contributed by atoms with van der Waals surface area (Å²) in [5, 5.41) is 28.4. The number of phenolic OH excluding ortho intramolecular Hbond substituents is 1. The van der Waals surface area contributed by atoms with Crippen LogP contribution in [0.5, 0.6) is 5.75 Å². The summed E-state index contributed by atoms with van der Waals surface area (Å²) in [7, 11) is 0. The third-order valence-corrected chi connectivity index (χ3v) is 5.21. The van der Waals surface area contributed by atoms with Crippen molar-refractivity contribution in [1.82, 2.24) is 29.9 Å². The van der Waals surface area contributed by atoms with Crippen LogP contribution in [0.1, 0.15) is 11.3 Å². The van der Waals surface area contributed by atoms with Gasteiger partial charge in [-0.3, -0.25) is 15.1 Å². The van der Waals surface area contributed by atoms with Crippen LogP contribution >= 0.6 is 0 Å². The van der Waals surface area contributed by atoms with Crippen molar-refractivity contribution in [3.63, 3.8) is 0 Å². The summed E-state index contributed by atoms with van der Waals surface area (Å²) >= 11 is 0. The minimum absolute atomic E-state index is 0.132. The van der Waals surface area contributed by atoms with E-state index < -0.39 is 4.92 Å². The van der Waals surface area contributed by atoms with Gasteiger partial charge in [0.1, 0.15) is 11.3 Å². The maximum absolute atomic E-state index is 10.7. The van der Waals surface area contributed by atoms with E-state index in [1.165, 1.54) is 4.68 Å². The highest BCUT2D eigenvalue weighted by atomic mass is 16.6. The molecule has 0 radical (unpaired) electrons. The Morgan fingerprint density at radius 3 is 2.82 bits per heavy atom. The highest BCUT2D eigenvalue weighted by Crippen LogP contribution is 2.28. The smallest absolute Gasteiger partial charge is 0.248 e. The first kappa shape index (κ1) is 20.7. The van der Waals surface area contributed by atoms with E-state index in [0.29, 0.717) is 61.1 Å². The molecule has 0 spiro atoms. The molecule has 168 valence electrons. The largest absolute Gasteiger partial charge is 0.508 e. The van der Waals surface area contributed by atoms with Crippen molar-refractivity contribution in [3.8, 4) is 17.1 Å². The Morgan fingerprint density at radius 2 is 2.03 bits per heavy atom. The van der Waals surface area contributed by atoms with Gasteiger partial charge >= 0.3 is 0 Å². The monoisotopic (exact) mass is 448 g/mol. The lowest BCUT2D eigenvalue weighted by Gasteiger charge is -2.28. The van der Waals surface area contributed by atoms with Gasteiger partial charge in [0.25, 0.3) is 0 Å². The third-order valence-electron chi connectivity index (χ3n) is 5.21. The molecule has 0 aliphatic carbocycles. The molecule has 5 rings (SSSR count). The summed E-state index contributed by atoms with van der Waals surface area (Å²) in [4.78, 5) is 26.5. The molecule has 0 bridgehead atoms. The van der Waals surface area contributed by atoms with E-state index in [4.69, 9.17) is 14.7 Å². The zero-order valence-electron chi connectivity index (χ0n) is 17.5. The fourth-order valence-electron chi connectivity index (χ4n) is 3.71. The van der Waals surface area contributed by atoms with Gasteiger partial charge < -0.3 is 14.7 Å². The fourth-order valence-corrected chi connectivity index (χ4v) is 3.71. The zero-order valence-corrected chi connectivity index (χ0v) is 17.5. The number of ether oxygens (including phenoxy) is 1. The molecule has 0 atom stereocenters. The van der Waals surface area contributed by atoms with E-state index in [-0.39, 0.29) is 18.0 Å². The number of phenols is 1. The minimum atomic E-state index is -0.446. The van der Waals surface area contributed by atoms with Gasteiger partial charge in [-0.1, -0.05) is 17.3 Å².